The minimum absolute atomic E-state index is 0.200. The van der Waals surface area contributed by atoms with Crippen LogP contribution in [0.25, 0.3) is 0 Å². The zero-order valence-electron chi connectivity index (χ0n) is 17.0. The molecule has 0 bridgehead atoms. The van der Waals surface area contributed by atoms with Crippen molar-refractivity contribution in [3.05, 3.63) is 71.3 Å². The first-order valence-electron chi connectivity index (χ1n) is 9.82. The highest BCUT2D eigenvalue weighted by molar-refractivity contribution is 6.22. The Balaban J connectivity index is 1.54. The zero-order chi connectivity index (χ0) is 21.7. The van der Waals surface area contributed by atoms with Crippen LogP contribution in [0.3, 0.4) is 0 Å². The third-order valence-electron chi connectivity index (χ3n) is 4.77. The predicted molar refractivity (Wildman–Crippen MR) is 110 cm³/mol. The van der Waals surface area contributed by atoms with Crippen molar-refractivity contribution in [1.82, 2.24) is 10.2 Å². The number of esters is 1. The van der Waals surface area contributed by atoms with Crippen molar-refractivity contribution in [1.29, 1.82) is 0 Å². The molecule has 0 unspecified atom stereocenters. The van der Waals surface area contributed by atoms with Gasteiger partial charge in [-0.2, -0.15) is 0 Å². The van der Waals surface area contributed by atoms with Gasteiger partial charge < -0.3 is 10.1 Å². The summed E-state index contributed by atoms with van der Waals surface area (Å²) in [6, 6.07) is 15.7. The lowest BCUT2D eigenvalue weighted by Gasteiger charge is -2.21. The van der Waals surface area contributed by atoms with Crippen molar-refractivity contribution in [3.8, 4) is 0 Å². The summed E-state index contributed by atoms with van der Waals surface area (Å²) in [5, 5.41) is 2.88. The zero-order valence-corrected chi connectivity index (χ0v) is 17.0. The SMILES string of the molecule is CC(C)C[C@@H](NC(=O)COC(=O)CN1C(=O)c2ccccc2C1=O)c1ccccc1. The van der Waals surface area contributed by atoms with Gasteiger partial charge in [0.1, 0.15) is 6.54 Å². The molecule has 2 aromatic carbocycles. The molecule has 2 aromatic rings. The van der Waals surface area contributed by atoms with Crippen molar-refractivity contribution in [2.75, 3.05) is 13.2 Å². The number of carbonyl (C=O) groups excluding carboxylic acids is 4. The quantitative estimate of drug-likeness (QED) is 0.536. The van der Waals surface area contributed by atoms with Crippen LogP contribution in [0.5, 0.6) is 0 Å². The third-order valence-corrected chi connectivity index (χ3v) is 4.77. The van der Waals surface area contributed by atoms with Gasteiger partial charge in [0.15, 0.2) is 6.61 Å². The van der Waals surface area contributed by atoms with Crippen LogP contribution in [0.4, 0.5) is 0 Å². The second-order valence-corrected chi connectivity index (χ2v) is 7.56. The Kier molecular flexibility index (Phi) is 6.61. The number of nitrogens with zero attached hydrogens (tertiary/aromatic N) is 1. The van der Waals surface area contributed by atoms with Crippen molar-refractivity contribution >= 4 is 23.7 Å². The summed E-state index contributed by atoms with van der Waals surface area (Å²) in [7, 11) is 0. The number of amides is 3. The monoisotopic (exact) mass is 408 g/mol. The summed E-state index contributed by atoms with van der Waals surface area (Å²) in [4.78, 5) is 49.9. The fourth-order valence-corrected chi connectivity index (χ4v) is 3.37. The minimum Gasteiger partial charge on any atom is -0.454 e. The molecule has 3 amide bonds. The molecule has 1 atom stereocenters. The highest BCUT2D eigenvalue weighted by Crippen LogP contribution is 2.22. The van der Waals surface area contributed by atoms with Gasteiger partial charge in [0, 0.05) is 0 Å². The number of hydrogen-bond donors (Lipinski definition) is 1. The highest BCUT2D eigenvalue weighted by atomic mass is 16.5. The van der Waals surface area contributed by atoms with Gasteiger partial charge in [0.05, 0.1) is 17.2 Å². The van der Waals surface area contributed by atoms with Gasteiger partial charge in [-0.05, 0) is 30.0 Å². The summed E-state index contributed by atoms with van der Waals surface area (Å²) in [5.41, 5.74) is 1.48. The first kappa shape index (κ1) is 21.2. The minimum atomic E-state index is -0.820. The Hall–Kier alpha value is -3.48. The van der Waals surface area contributed by atoms with Crippen molar-refractivity contribution < 1.29 is 23.9 Å². The smallest absolute Gasteiger partial charge is 0.326 e. The summed E-state index contributed by atoms with van der Waals surface area (Å²) in [5.74, 6) is -2.00. The van der Waals surface area contributed by atoms with Crippen LogP contribution in [-0.4, -0.2) is 41.7 Å². The average molecular weight is 408 g/mol. The van der Waals surface area contributed by atoms with E-state index >= 15 is 0 Å². The van der Waals surface area contributed by atoms with Gasteiger partial charge in [-0.1, -0.05) is 56.3 Å². The second-order valence-electron chi connectivity index (χ2n) is 7.56. The van der Waals surface area contributed by atoms with E-state index < -0.39 is 36.8 Å². The number of hydrogen-bond acceptors (Lipinski definition) is 5. The Morgan fingerprint density at radius 2 is 1.50 bits per heavy atom. The number of carbonyl (C=O) groups is 4. The van der Waals surface area contributed by atoms with E-state index in [1.807, 2.05) is 30.3 Å². The predicted octanol–water partition coefficient (Wildman–Crippen LogP) is 2.73. The first-order chi connectivity index (χ1) is 14.4. The van der Waals surface area contributed by atoms with E-state index in [0.717, 1.165) is 16.9 Å². The Labute approximate surface area is 175 Å². The molecule has 7 heteroatoms. The van der Waals surface area contributed by atoms with E-state index in [1.165, 1.54) is 12.1 Å². The van der Waals surface area contributed by atoms with Gasteiger partial charge in [-0.15, -0.1) is 0 Å². The van der Waals surface area contributed by atoms with Crippen LogP contribution in [0, 0.1) is 5.92 Å². The van der Waals surface area contributed by atoms with E-state index in [0.29, 0.717) is 5.92 Å². The Bertz CT molecular complexity index is 920. The van der Waals surface area contributed by atoms with E-state index in [1.54, 1.807) is 12.1 Å². The molecule has 1 aliphatic heterocycles. The molecule has 0 spiro atoms. The fraction of sp³-hybridized carbons (Fsp3) is 0.304. The van der Waals surface area contributed by atoms with Crippen molar-refractivity contribution in [2.45, 2.75) is 26.3 Å². The molecule has 30 heavy (non-hydrogen) atoms. The molecule has 0 aliphatic carbocycles. The summed E-state index contributed by atoms with van der Waals surface area (Å²) >= 11 is 0. The van der Waals surface area contributed by atoms with Gasteiger partial charge in [-0.3, -0.25) is 24.1 Å². The topological polar surface area (TPSA) is 92.8 Å². The van der Waals surface area contributed by atoms with Gasteiger partial charge in [0.25, 0.3) is 17.7 Å². The largest absolute Gasteiger partial charge is 0.454 e. The standard InChI is InChI=1S/C23H24N2O5/c1-15(2)12-19(16-8-4-3-5-9-16)24-20(26)14-30-21(27)13-25-22(28)17-10-6-7-11-18(17)23(25)29/h3-11,15,19H,12-14H2,1-2H3,(H,24,26)/t19-/m1/s1. The Morgan fingerprint density at radius 1 is 0.933 bits per heavy atom. The number of fused-ring (bicyclic) bond motifs is 1. The lowest BCUT2D eigenvalue weighted by Crippen LogP contribution is -2.38. The van der Waals surface area contributed by atoms with E-state index in [4.69, 9.17) is 4.74 Å². The lowest BCUT2D eigenvalue weighted by atomic mass is 9.97. The molecule has 0 saturated carbocycles. The summed E-state index contributed by atoms with van der Waals surface area (Å²) in [6.07, 6.45) is 0.735. The number of rotatable bonds is 8. The van der Waals surface area contributed by atoms with Crippen LogP contribution >= 0.6 is 0 Å². The fourth-order valence-electron chi connectivity index (χ4n) is 3.37. The molecular weight excluding hydrogens is 384 g/mol. The molecule has 7 nitrogen and oxygen atoms in total. The van der Waals surface area contributed by atoms with Gasteiger partial charge in [0.2, 0.25) is 0 Å². The molecule has 0 fully saturated rings. The number of nitrogens with one attached hydrogen (secondary N) is 1. The van der Waals surface area contributed by atoms with E-state index in [2.05, 4.69) is 19.2 Å². The molecule has 1 heterocycles. The molecule has 0 aromatic heterocycles. The van der Waals surface area contributed by atoms with Crippen molar-refractivity contribution in [3.63, 3.8) is 0 Å². The van der Waals surface area contributed by atoms with Crippen LogP contribution in [-0.2, 0) is 14.3 Å². The van der Waals surface area contributed by atoms with Crippen LogP contribution < -0.4 is 5.32 Å². The van der Waals surface area contributed by atoms with Crippen LogP contribution in [0.2, 0.25) is 0 Å². The molecule has 156 valence electrons. The molecule has 0 saturated heterocycles. The number of imide groups is 1. The summed E-state index contributed by atoms with van der Waals surface area (Å²) < 4.78 is 5.01. The summed E-state index contributed by atoms with van der Waals surface area (Å²) in [6.45, 7) is 3.10. The third kappa shape index (κ3) is 4.92. The van der Waals surface area contributed by atoms with Crippen LogP contribution in [0.15, 0.2) is 54.6 Å². The van der Waals surface area contributed by atoms with E-state index in [9.17, 15) is 19.2 Å². The lowest BCUT2D eigenvalue weighted by molar-refractivity contribution is -0.148. The van der Waals surface area contributed by atoms with Crippen molar-refractivity contribution in [2.24, 2.45) is 5.92 Å². The maximum absolute atomic E-state index is 12.3. The first-order valence-corrected chi connectivity index (χ1v) is 9.82. The normalized spacial score (nSPS) is 13.9. The second kappa shape index (κ2) is 9.35. The molecule has 0 radical (unpaired) electrons. The Morgan fingerprint density at radius 3 is 2.07 bits per heavy atom. The van der Waals surface area contributed by atoms with Gasteiger partial charge in [-0.25, -0.2) is 0 Å². The van der Waals surface area contributed by atoms with E-state index in [-0.39, 0.29) is 17.2 Å². The molecule has 1 N–H and O–H groups in total. The average Bonchev–Trinajstić information content (AvgIpc) is 2.97. The number of ether oxygens (including phenoxy) is 1. The van der Waals surface area contributed by atoms with Crippen LogP contribution in [0.1, 0.15) is 52.6 Å². The molecule has 1 aliphatic rings. The number of benzene rings is 2. The maximum atomic E-state index is 12.3. The molecular formula is C23H24N2O5. The maximum Gasteiger partial charge on any atom is 0.326 e. The van der Waals surface area contributed by atoms with Gasteiger partial charge >= 0.3 is 5.97 Å². The molecule has 3 rings (SSSR count). The highest BCUT2D eigenvalue weighted by Gasteiger charge is 2.36.